The molecule has 2 fully saturated rings. The number of rotatable bonds is 5. The van der Waals surface area contributed by atoms with Crippen molar-refractivity contribution in [3.8, 4) is 5.75 Å². The fourth-order valence-corrected chi connectivity index (χ4v) is 5.48. The van der Waals surface area contributed by atoms with E-state index in [4.69, 9.17) is 4.74 Å². The lowest BCUT2D eigenvalue weighted by Crippen LogP contribution is -2.57. The normalized spacial score (nSPS) is 19.6. The van der Waals surface area contributed by atoms with Crippen molar-refractivity contribution in [1.29, 1.82) is 0 Å². The molecule has 0 spiro atoms. The lowest BCUT2D eigenvalue weighted by atomic mass is 9.95. The Balaban J connectivity index is 1.29. The van der Waals surface area contributed by atoms with E-state index in [0.717, 1.165) is 31.4 Å². The first kappa shape index (κ1) is 26.0. The molecule has 5 rings (SSSR count). The zero-order chi connectivity index (χ0) is 26.9. The number of nitrogens with zero attached hydrogens (tertiary/aromatic N) is 3. The van der Waals surface area contributed by atoms with Crippen LogP contribution in [0.1, 0.15) is 56.3 Å². The van der Waals surface area contributed by atoms with Crippen molar-refractivity contribution in [2.45, 2.75) is 57.6 Å². The Bertz CT molecular complexity index is 1200. The molecule has 0 atom stereocenters. The number of carbonyl (C=O) groups excluding carboxylic acids is 3. The van der Waals surface area contributed by atoms with Crippen LogP contribution >= 0.6 is 0 Å². The Labute approximate surface area is 222 Å². The monoisotopic (exact) mass is 522 g/mol. The molecule has 2 aromatic rings. The van der Waals surface area contributed by atoms with E-state index in [0.29, 0.717) is 43.2 Å². The number of ether oxygens (including phenoxy) is 1. The van der Waals surface area contributed by atoms with E-state index in [9.17, 15) is 18.8 Å². The van der Waals surface area contributed by atoms with Crippen molar-refractivity contribution in [1.82, 2.24) is 10.2 Å². The van der Waals surface area contributed by atoms with Crippen molar-refractivity contribution >= 4 is 29.1 Å². The number of piperazine rings is 1. The third-order valence-corrected chi connectivity index (χ3v) is 7.70. The van der Waals surface area contributed by atoms with E-state index in [1.54, 1.807) is 49.1 Å². The van der Waals surface area contributed by atoms with Crippen LogP contribution in [0.3, 0.4) is 0 Å². The molecule has 202 valence electrons. The highest BCUT2D eigenvalue weighted by Crippen LogP contribution is 2.38. The van der Waals surface area contributed by atoms with Gasteiger partial charge in [0, 0.05) is 43.5 Å². The Kier molecular flexibility index (Phi) is 7.27. The van der Waals surface area contributed by atoms with Gasteiger partial charge in [0.05, 0.1) is 5.69 Å². The van der Waals surface area contributed by atoms with Gasteiger partial charge in [0.2, 0.25) is 5.91 Å². The molecule has 0 radical (unpaired) electrons. The van der Waals surface area contributed by atoms with Crippen molar-refractivity contribution in [3.63, 3.8) is 0 Å². The Morgan fingerprint density at radius 3 is 2.37 bits per heavy atom. The van der Waals surface area contributed by atoms with Gasteiger partial charge < -0.3 is 19.9 Å². The van der Waals surface area contributed by atoms with Crippen LogP contribution in [0.2, 0.25) is 0 Å². The number of benzene rings is 2. The summed E-state index contributed by atoms with van der Waals surface area (Å²) in [5, 5.41) is 3.11. The van der Waals surface area contributed by atoms with Gasteiger partial charge in [0.15, 0.2) is 5.60 Å². The molecule has 38 heavy (non-hydrogen) atoms. The number of hydrogen-bond acceptors (Lipinski definition) is 5. The third-order valence-electron chi connectivity index (χ3n) is 7.70. The lowest BCUT2D eigenvalue weighted by molar-refractivity contribution is -0.136. The molecular formula is C29H35FN4O4. The minimum Gasteiger partial charge on any atom is -0.476 e. The molecule has 1 saturated heterocycles. The van der Waals surface area contributed by atoms with Crippen LogP contribution in [0.25, 0.3) is 0 Å². The summed E-state index contributed by atoms with van der Waals surface area (Å²) in [4.78, 5) is 45.0. The molecule has 1 saturated carbocycles. The summed E-state index contributed by atoms with van der Waals surface area (Å²) < 4.78 is 19.2. The van der Waals surface area contributed by atoms with Gasteiger partial charge in [-0.05, 0) is 69.2 Å². The van der Waals surface area contributed by atoms with E-state index in [1.807, 2.05) is 0 Å². The molecule has 3 amide bonds. The molecule has 9 heteroatoms. The Morgan fingerprint density at radius 2 is 1.68 bits per heavy atom. The van der Waals surface area contributed by atoms with Gasteiger partial charge >= 0.3 is 0 Å². The number of carbonyl (C=O) groups is 3. The second kappa shape index (κ2) is 10.6. The second-order valence-corrected chi connectivity index (χ2v) is 10.8. The van der Waals surface area contributed by atoms with Gasteiger partial charge in [-0.3, -0.25) is 19.3 Å². The highest BCUT2D eigenvalue weighted by atomic mass is 19.1. The van der Waals surface area contributed by atoms with Gasteiger partial charge in [-0.15, -0.1) is 0 Å². The molecule has 1 N–H and O–H groups in total. The largest absolute Gasteiger partial charge is 0.476 e. The second-order valence-electron chi connectivity index (χ2n) is 10.8. The summed E-state index contributed by atoms with van der Waals surface area (Å²) in [5.74, 6) is -0.487. The van der Waals surface area contributed by atoms with E-state index in [1.165, 1.54) is 23.5 Å². The van der Waals surface area contributed by atoms with Gasteiger partial charge in [0.1, 0.15) is 18.1 Å². The summed E-state index contributed by atoms with van der Waals surface area (Å²) in [6, 6.07) is 11.6. The SMILES string of the molecule is CC1(C)Oc2ccc(C(=O)NC3CCCCC3)cc2N(CC(=O)N2CCN(c3ccc(F)cc3)CC2)C1=O. The quantitative estimate of drug-likeness (QED) is 0.647. The van der Waals surface area contributed by atoms with Gasteiger partial charge in [0.25, 0.3) is 11.8 Å². The van der Waals surface area contributed by atoms with E-state index >= 15 is 0 Å². The fourth-order valence-electron chi connectivity index (χ4n) is 5.48. The average molecular weight is 523 g/mol. The van der Waals surface area contributed by atoms with Crippen molar-refractivity contribution in [2.24, 2.45) is 0 Å². The molecular weight excluding hydrogens is 487 g/mol. The first-order valence-electron chi connectivity index (χ1n) is 13.5. The Hall–Kier alpha value is -3.62. The van der Waals surface area contributed by atoms with Crippen LogP contribution in [-0.2, 0) is 9.59 Å². The minimum atomic E-state index is -1.14. The fraction of sp³-hybridized carbons (Fsp3) is 0.483. The first-order chi connectivity index (χ1) is 18.2. The highest BCUT2D eigenvalue weighted by Gasteiger charge is 2.42. The molecule has 2 aromatic carbocycles. The number of anilines is 2. The third kappa shape index (κ3) is 5.47. The molecule has 2 aliphatic heterocycles. The van der Waals surface area contributed by atoms with Crippen LogP contribution in [0.15, 0.2) is 42.5 Å². The summed E-state index contributed by atoms with van der Waals surface area (Å²) >= 11 is 0. The zero-order valence-electron chi connectivity index (χ0n) is 22.0. The molecule has 2 heterocycles. The molecule has 8 nitrogen and oxygen atoms in total. The van der Waals surface area contributed by atoms with Gasteiger partial charge in [-0.1, -0.05) is 19.3 Å². The van der Waals surface area contributed by atoms with Crippen molar-refractivity contribution in [3.05, 3.63) is 53.8 Å². The first-order valence-corrected chi connectivity index (χ1v) is 13.5. The number of amides is 3. The maximum Gasteiger partial charge on any atom is 0.271 e. The van der Waals surface area contributed by atoms with Crippen LogP contribution in [0.5, 0.6) is 5.75 Å². The molecule has 0 unspecified atom stereocenters. The van der Waals surface area contributed by atoms with Crippen molar-refractivity contribution < 1.29 is 23.5 Å². The summed E-state index contributed by atoms with van der Waals surface area (Å²) in [6.07, 6.45) is 5.37. The summed E-state index contributed by atoms with van der Waals surface area (Å²) in [6.45, 7) is 5.44. The van der Waals surface area contributed by atoms with E-state index < -0.39 is 5.60 Å². The maximum absolute atomic E-state index is 13.4. The van der Waals surface area contributed by atoms with Crippen LogP contribution in [0, 0.1) is 5.82 Å². The average Bonchev–Trinajstić information content (AvgIpc) is 2.92. The maximum atomic E-state index is 13.4. The molecule has 0 aromatic heterocycles. The minimum absolute atomic E-state index is 0.136. The van der Waals surface area contributed by atoms with Crippen LogP contribution in [0.4, 0.5) is 15.8 Å². The molecule has 3 aliphatic rings. The predicted octanol–water partition coefficient (Wildman–Crippen LogP) is 3.74. The smallest absolute Gasteiger partial charge is 0.271 e. The topological polar surface area (TPSA) is 82.2 Å². The summed E-state index contributed by atoms with van der Waals surface area (Å²) in [7, 11) is 0. The molecule has 1 aliphatic carbocycles. The predicted molar refractivity (Wildman–Crippen MR) is 143 cm³/mol. The standard InChI is InChI=1S/C29H35FN4O4/c1-29(2)28(37)34(19-26(35)33-16-14-32(15-17-33)23-11-9-21(30)10-12-23)24-18-20(8-13-25(24)38-29)27(36)31-22-6-4-3-5-7-22/h8-13,18,22H,3-7,14-17,19H2,1-2H3,(H,31,36). The van der Waals surface area contributed by atoms with E-state index in [-0.39, 0.29) is 36.1 Å². The summed E-state index contributed by atoms with van der Waals surface area (Å²) in [5.41, 5.74) is 0.650. The number of hydrogen-bond donors (Lipinski definition) is 1. The van der Waals surface area contributed by atoms with Gasteiger partial charge in [-0.25, -0.2) is 4.39 Å². The Morgan fingerprint density at radius 1 is 1.00 bits per heavy atom. The van der Waals surface area contributed by atoms with Crippen LogP contribution < -0.4 is 19.9 Å². The number of halogens is 1. The number of nitrogens with one attached hydrogen (secondary N) is 1. The van der Waals surface area contributed by atoms with Crippen LogP contribution in [-0.4, -0.2) is 67.0 Å². The zero-order valence-corrected chi connectivity index (χ0v) is 22.0. The lowest BCUT2D eigenvalue weighted by Gasteiger charge is -2.40. The number of fused-ring (bicyclic) bond motifs is 1. The van der Waals surface area contributed by atoms with Gasteiger partial charge in [-0.2, -0.15) is 0 Å². The highest BCUT2D eigenvalue weighted by molar-refractivity contribution is 6.07. The van der Waals surface area contributed by atoms with Crippen molar-refractivity contribution in [2.75, 3.05) is 42.5 Å². The van der Waals surface area contributed by atoms with E-state index in [2.05, 4.69) is 10.2 Å². The molecule has 0 bridgehead atoms.